The maximum Gasteiger partial charge on any atom is 0.306 e. The highest BCUT2D eigenvalue weighted by Gasteiger charge is 2.18. The molecule has 2 rings (SSSR count). The molecule has 0 saturated carbocycles. The zero-order valence-electron chi connectivity index (χ0n) is 14.8. The molecule has 0 bridgehead atoms. The summed E-state index contributed by atoms with van der Waals surface area (Å²) in [5.41, 5.74) is 1.94. The summed E-state index contributed by atoms with van der Waals surface area (Å²) in [6.45, 7) is 1.20. The molecule has 0 radical (unpaired) electrons. The molecule has 0 aliphatic carbocycles. The molecule has 6 nitrogen and oxygen atoms in total. The molecule has 0 spiro atoms. The molecule has 2 aromatic rings. The Balaban J connectivity index is 2.10. The minimum Gasteiger partial charge on any atom is -0.469 e. The second kappa shape index (κ2) is 9.35. The van der Waals surface area contributed by atoms with Crippen molar-refractivity contribution in [3.05, 3.63) is 65.7 Å². The first kappa shape index (κ1) is 19.9. The normalized spacial score (nSPS) is 12.4. The Morgan fingerprint density at radius 2 is 1.85 bits per heavy atom. The van der Waals surface area contributed by atoms with Gasteiger partial charge in [-0.3, -0.25) is 4.79 Å². The molecule has 1 N–H and O–H groups in total. The monoisotopic (exact) mass is 377 g/mol. The lowest BCUT2D eigenvalue weighted by atomic mass is 9.95. The summed E-state index contributed by atoms with van der Waals surface area (Å²) in [6.07, 6.45) is 1.17. The molecule has 7 heteroatoms. The van der Waals surface area contributed by atoms with Crippen molar-refractivity contribution in [2.75, 3.05) is 19.9 Å². The van der Waals surface area contributed by atoms with Gasteiger partial charge >= 0.3 is 16.1 Å². The van der Waals surface area contributed by atoms with Crippen molar-refractivity contribution in [1.29, 1.82) is 0 Å². The van der Waals surface area contributed by atoms with Gasteiger partial charge in [0.05, 0.1) is 19.8 Å². The van der Waals surface area contributed by atoms with Crippen molar-refractivity contribution in [3.63, 3.8) is 0 Å². The van der Waals surface area contributed by atoms with Crippen molar-refractivity contribution in [2.24, 2.45) is 0 Å². The predicted octanol–water partition coefficient (Wildman–Crippen LogP) is 2.46. The van der Waals surface area contributed by atoms with Crippen LogP contribution in [-0.2, 0) is 26.2 Å². The van der Waals surface area contributed by atoms with Crippen LogP contribution in [-0.4, -0.2) is 34.3 Å². The molecule has 140 valence electrons. The smallest absolute Gasteiger partial charge is 0.306 e. The van der Waals surface area contributed by atoms with Crippen LogP contribution in [0.15, 0.2) is 54.6 Å². The summed E-state index contributed by atoms with van der Waals surface area (Å²) >= 11 is 0. The van der Waals surface area contributed by atoms with E-state index in [1.54, 1.807) is 18.2 Å². The van der Waals surface area contributed by atoms with Gasteiger partial charge in [0.15, 0.2) is 0 Å². The largest absolute Gasteiger partial charge is 0.469 e. The molecule has 0 heterocycles. The number of esters is 1. The van der Waals surface area contributed by atoms with Crippen molar-refractivity contribution in [2.45, 2.75) is 18.9 Å². The highest BCUT2D eigenvalue weighted by atomic mass is 32.2. The van der Waals surface area contributed by atoms with Gasteiger partial charge in [-0.15, -0.1) is 0 Å². The van der Waals surface area contributed by atoms with E-state index < -0.39 is 10.1 Å². The third kappa shape index (κ3) is 6.85. The number of nitrogens with one attached hydrogen (secondary N) is 1. The number of hydrogen-bond acceptors (Lipinski definition) is 6. The fourth-order valence-electron chi connectivity index (χ4n) is 2.57. The Bertz CT molecular complexity index is 821. The first-order valence-corrected chi connectivity index (χ1v) is 10.00. The predicted molar refractivity (Wildman–Crippen MR) is 99.4 cm³/mol. The molecule has 0 aliphatic heterocycles. The third-order valence-corrected chi connectivity index (χ3v) is 4.28. The maximum atomic E-state index is 11.8. The fraction of sp³-hybridized carbons (Fsp3) is 0.316. The van der Waals surface area contributed by atoms with Crippen LogP contribution in [0.1, 0.15) is 23.5 Å². The Labute approximate surface area is 154 Å². The van der Waals surface area contributed by atoms with Crippen LogP contribution in [0.2, 0.25) is 0 Å². The van der Waals surface area contributed by atoms with E-state index in [1.807, 2.05) is 36.4 Å². The van der Waals surface area contributed by atoms with Crippen molar-refractivity contribution < 1.29 is 22.1 Å². The first-order chi connectivity index (χ1) is 12.4. The van der Waals surface area contributed by atoms with Gasteiger partial charge in [-0.25, -0.2) is 0 Å². The Hall–Kier alpha value is -2.38. The number of ether oxygens (including phenoxy) is 1. The molecule has 26 heavy (non-hydrogen) atoms. The van der Waals surface area contributed by atoms with Crippen LogP contribution in [0.3, 0.4) is 0 Å². The summed E-state index contributed by atoms with van der Waals surface area (Å²) in [6, 6.07) is 16.7. The Morgan fingerprint density at radius 1 is 1.12 bits per heavy atom. The van der Waals surface area contributed by atoms with Gasteiger partial charge in [-0.2, -0.15) is 8.42 Å². The van der Waals surface area contributed by atoms with E-state index in [1.165, 1.54) is 7.11 Å². The van der Waals surface area contributed by atoms with Crippen LogP contribution >= 0.6 is 0 Å². The molecule has 0 fully saturated rings. The van der Waals surface area contributed by atoms with Crippen LogP contribution in [0, 0.1) is 0 Å². The Kier molecular flexibility index (Phi) is 7.17. The lowest BCUT2D eigenvalue weighted by molar-refractivity contribution is -0.141. The lowest BCUT2D eigenvalue weighted by Crippen LogP contribution is -2.23. The van der Waals surface area contributed by atoms with Crippen LogP contribution in [0.25, 0.3) is 0 Å². The molecule has 0 amide bonds. The highest BCUT2D eigenvalue weighted by Crippen LogP contribution is 2.24. The van der Waals surface area contributed by atoms with E-state index in [2.05, 4.69) is 5.32 Å². The quantitative estimate of drug-likeness (QED) is 0.534. The molecule has 1 atom stereocenters. The number of carbonyl (C=O) groups is 1. The highest BCUT2D eigenvalue weighted by molar-refractivity contribution is 7.86. The molecular formula is C19H23NO5S. The SMILES string of the molecule is COC(=O)CC(CNCc1ccccc1)c1cccc(OS(C)(=O)=O)c1. The van der Waals surface area contributed by atoms with E-state index in [4.69, 9.17) is 8.92 Å². The van der Waals surface area contributed by atoms with Gasteiger partial charge in [0, 0.05) is 19.0 Å². The second-order valence-corrected chi connectivity index (χ2v) is 7.53. The molecule has 0 saturated heterocycles. The van der Waals surface area contributed by atoms with Crippen LogP contribution in [0.5, 0.6) is 5.75 Å². The number of carbonyl (C=O) groups excluding carboxylic acids is 1. The third-order valence-electron chi connectivity index (χ3n) is 3.78. The summed E-state index contributed by atoms with van der Waals surface area (Å²) in [5, 5.41) is 3.33. The van der Waals surface area contributed by atoms with E-state index in [0.717, 1.165) is 17.4 Å². The summed E-state index contributed by atoms with van der Waals surface area (Å²) in [7, 11) is -2.26. The van der Waals surface area contributed by atoms with E-state index >= 15 is 0 Å². The maximum absolute atomic E-state index is 11.8. The number of rotatable bonds is 9. The minimum atomic E-state index is -3.61. The van der Waals surface area contributed by atoms with Crippen LogP contribution < -0.4 is 9.50 Å². The number of hydrogen-bond donors (Lipinski definition) is 1. The average molecular weight is 377 g/mol. The molecule has 1 unspecified atom stereocenters. The topological polar surface area (TPSA) is 81.7 Å². The van der Waals surface area contributed by atoms with Crippen LogP contribution in [0.4, 0.5) is 0 Å². The zero-order chi connectivity index (χ0) is 19.0. The summed E-state index contributed by atoms with van der Waals surface area (Å²) < 4.78 is 32.4. The van der Waals surface area contributed by atoms with Crippen molar-refractivity contribution in [3.8, 4) is 5.75 Å². The minimum absolute atomic E-state index is 0.172. The molecule has 0 aromatic heterocycles. The van der Waals surface area contributed by atoms with E-state index in [9.17, 15) is 13.2 Å². The number of benzene rings is 2. The van der Waals surface area contributed by atoms with Crippen molar-refractivity contribution in [1.82, 2.24) is 5.32 Å². The average Bonchev–Trinajstić information content (AvgIpc) is 2.60. The van der Waals surface area contributed by atoms with E-state index in [-0.39, 0.29) is 24.1 Å². The van der Waals surface area contributed by atoms with Gasteiger partial charge in [-0.1, -0.05) is 42.5 Å². The molecule has 2 aromatic carbocycles. The van der Waals surface area contributed by atoms with Gasteiger partial charge in [0.1, 0.15) is 5.75 Å². The van der Waals surface area contributed by atoms with Gasteiger partial charge < -0.3 is 14.2 Å². The Morgan fingerprint density at radius 3 is 2.50 bits per heavy atom. The van der Waals surface area contributed by atoms with Gasteiger partial charge in [0.25, 0.3) is 0 Å². The van der Waals surface area contributed by atoms with Gasteiger partial charge in [-0.05, 0) is 23.3 Å². The fourth-order valence-corrected chi connectivity index (χ4v) is 3.03. The number of methoxy groups -OCH3 is 1. The standard InChI is InChI=1S/C19H23NO5S/c1-24-19(21)12-17(14-20-13-15-7-4-3-5-8-15)16-9-6-10-18(11-16)25-26(2,22)23/h3-11,17,20H,12-14H2,1-2H3. The van der Waals surface area contributed by atoms with Crippen molar-refractivity contribution >= 4 is 16.1 Å². The molecular weight excluding hydrogens is 354 g/mol. The van der Waals surface area contributed by atoms with E-state index in [0.29, 0.717) is 13.1 Å². The second-order valence-electron chi connectivity index (χ2n) is 5.95. The zero-order valence-corrected chi connectivity index (χ0v) is 15.7. The lowest BCUT2D eigenvalue weighted by Gasteiger charge is -2.18. The first-order valence-electron chi connectivity index (χ1n) is 8.18. The molecule has 0 aliphatic rings. The summed E-state index contributed by atoms with van der Waals surface area (Å²) in [4.78, 5) is 11.8. The van der Waals surface area contributed by atoms with Gasteiger partial charge in [0.2, 0.25) is 0 Å². The summed E-state index contributed by atoms with van der Waals surface area (Å²) in [5.74, 6) is -0.275.